The van der Waals surface area contributed by atoms with Gasteiger partial charge in [-0.05, 0) is 25.1 Å². The summed E-state index contributed by atoms with van der Waals surface area (Å²) in [5, 5.41) is 0. The number of rotatable bonds is 4. The van der Waals surface area contributed by atoms with E-state index in [4.69, 9.17) is 10.5 Å². The number of thiophene rings is 1. The molecule has 0 spiro atoms. The van der Waals surface area contributed by atoms with Crippen molar-refractivity contribution in [2.24, 2.45) is 0 Å². The van der Waals surface area contributed by atoms with Gasteiger partial charge >= 0.3 is 5.97 Å². The zero-order chi connectivity index (χ0) is 13.0. The van der Waals surface area contributed by atoms with E-state index in [1.165, 1.54) is 0 Å². The van der Waals surface area contributed by atoms with E-state index in [-0.39, 0.29) is 5.97 Å². The quantitative estimate of drug-likeness (QED) is 0.679. The summed E-state index contributed by atoms with van der Waals surface area (Å²) in [6, 6.07) is 11.7. The lowest BCUT2D eigenvalue weighted by molar-refractivity contribution is -0.142. The number of benzene rings is 1. The van der Waals surface area contributed by atoms with Crippen molar-refractivity contribution in [1.82, 2.24) is 0 Å². The minimum atomic E-state index is -0.188. The first-order chi connectivity index (χ1) is 8.70. The van der Waals surface area contributed by atoms with Crippen molar-refractivity contribution in [3.05, 3.63) is 41.3 Å². The van der Waals surface area contributed by atoms with Crippen LogP contribution < -0.4 is 5.73 Å². The molecule has 1 aromatic carbocycles. The summed E-state index contributed by atoms with van der Waals surface area (Å²) in [7, 11) is 0. The standard InChI is InChI=1S/C14H15NO2S/c1-2-17-14(16)9-10-7-8-13(18-10)11-5-3-4-6-12(11)15/h3-8H,2,9,15H2,1H3. The van der Waals surface area contributed by atoms with Crippen LogP contribution in [0.15, 0.2) is 36.4 Å². The SMILES string of the molecule is CCOC(=O)Cc1ccc(-c2ccccc2N)s1. The van der Waals surface area contributed by atoms with E-state index in [1.807, 2.05) is 43.3 Å². The molecule has 2 aromatic rings. The van der Waals surface area contributed by atoms with Crippen molar-refractivity contribution in [1.29, 1.82) is 0 Å². The van der Waals surface area contributed by atoms with Crippen LogP contribution >= 0.6 is 11.3 Å². The summed E-state index contributed by atoms with van der Waals surface area (Å²) in [6.07, 6.45) is 0.325. The van der Waals surface area contributed by atoms with Crippen LogP contribution in [0.4, 0.5) is 5.69 Å². The fourth-order valence-corrected chi connectivity index (χ4v) is 2.73. The number of anilines is 1. The first kappa shape index (κ1) is 12.6. The van der Waals surface area contributed by atoms with Crippen molar-refractivity contribution < 1.29 is 9.53 Å². The first-order valence-corrected chi connectivity index (χ1v) is 6.61. The largest absolute Gasteiger partial charge is 0.466 e. The second kappa shape index (κ2) is 5.69. The third-order valence-corrected chi connectivity index (χ3v) is 3.63. The highest BCUT2D eigenvalue weighted by Crippen LogP contribution is 2.32. The molecule has 18 heavy (non-hydrogen) atoms. The number of nitrogen functional groups attached to an aromatic ring is 1. The molecule has 3 nitrogen and oxygen atoms in total. The normalized spacial score (nSPS) is 10.3. The van der Waals surface area contributed by atoms with E-state index >= 15 is 0 Å². The van der Waals surface area contributed by atoms with Gasteiger partial charge in [0.15, 0.2) is 0 Å². The second-order valence-electron chi connectivity index (χ2n) is 3.84. The van der Waals surface area contributed by atoms with Crippen LogP contribution in [0, 0.1) is 0 Å². The molecule has 94 valence electrons. The summed E-state index contributed by atoms with van der Waals surface area (Å²) in [6.45, 7) is 2.23. The predicted octanol–water partition coefficient (Wildman–Crippen LogP) is 3.10. The first-order valence-electron chi connectivity index (χ1n) is 5.80. The fourth-order valence-electron chi connectivity index (χ4n) is 1.69. The van der Waals surface area contributed by atoms with Gasteiger partial charge in [-0.3, -0.25) is 4.79 Å². The maximum Gasteiger partial charge on any atom is 0.311 e. The highest BCUT2D eigenvalue weighted by molar-refractivity contribution is 7.15. The van der Waals surface area contributed by atoms with Crippen LogP contribution in [0.3, 0.4) is 0 Å². The summed E-state index contributed by atoms with van der Waals surface area (Å²) in [4.78, 5) is 13.5. The molecule has 4 heteroatoms. The van der Waals surface area contributed by atoms with Crippen LogP contribution in [0.1, 0.15) is 11.8 Å². The zero-order valence-corrected chi connectivity index (χ0v) is 11.0. The van der Waals surface area contributed by atoms with Gasteiger partial charge in [0.05, 0.1) is 13.0 Å². The summed E-state index contributed by atoms with van der Waals surface area (Å²) >= 11 is 1.57. The van der Waals surface area contributed by atoms with Crippen LogP contribution in [-0.2, 0) is 16.0 Å². The van der Waals surface area contributed by atoms with Crippen molar-refractivity contribution in [2.75, 3.05) is 12.3 Å². The smallest absolute Gasteiger partial charge is 0.311 e. The molecule has 0 bridgehead atoms. The van der Waals surface area contributed by atoms with Gasteiger partial charge in [0.2, 0.25) is 0 Å². The van der Waals surface area contributed by atoms with Gasteiger partial charge in [-0.15, -0.1) is 11.3 Å². The molecule has 0 saturated heterocycles. The number of carbonyl (C=O) groups excluding carboxylic acids is 1. The highest BCUT2D eigenvalue weighted by atomic mass is 32.1. The highest BCUT2D eigenvalue weighted by Gasteiger charge is 2.09. The summed E-state index contributed by atoms with van der Waals surface area (Å²) in [5.74, 6) is -0.188. The van der Waals surface area contributed by atoms with E-state index in [2.05, 4.69) is 0 Å². The monoisotopic (exact) mass is 261 g/mol. The van der Waals surface area contributed by atoms with E-state index in [0.29, 0.717) is 13.0 Å². The Kier molecular flexibility index (Phi) is 3.99. The van der Waals surface area contributed by atoms with Gasteiger partial charge in [0.25, 0.3) is 0 Å². The molecular weight excluding hydrogens is 246 g/mol. The molecule has 2 rings (SSSR count). The van der Waals surface area contributed by atoms with Gasteiger partial charge in [-0.1, -0.05) is 18.2 Å². The van der Waals surface area contributed by atoms with Crippen LogP contribution in [0.5, 0.6) is 0 Å². The van der Waals surface area contributed by atoms with Crippen molar-refractivity contribution in [3.8, 4) is 10.4 Å². The fraction of sp³-hybridized carbons (Fsp3) is 0.214. The molecule has 0 amide bonds. The Labute approximate surface area is 110 Å². The summed E-state index contributed by atoms with van der Waals surface area (Å²) < 4.78 is 4.93. The van der Waals surface area contributed by atoms with Gasteiger partial charge in [0.1, 0.15) is 0 Å². The van der Waals surface area contributed by atoms with E-state index in [1.54, 1.807) is 11.3 Å². The Balaban J connectivity index is 2.16. The number of hydrogen-bond acceptors (Lipinski definition) is 4. The maximum absolute atomic E-state index is 11.4. The molecule has 0 unspecified atom stereocenters. The molecule has 0 aliphatic carbocycles. The number of nitrogens with two attached hydrogens (primary N) is 1. The van der Waals surface area contributed by atoms with E-state index in [0.717, 1.165) is 21.0 Å². The summed E-state index contributed by atoms with van der Waals surface area (Å²) in [5.41, 5.74) is 7.69. The van der Waals surface area contributed by atoms with Gasteiger partial charge in [-0.25, -0.2) is 0 Å². The molecule has 1 heterocycles. The van der Waals surface area contributed by atoms with Gasteiger partial charge in [-0.2, -0.15) is 0 Å². The molecule has 0 radical (unpaired) electrons. The number of para-hydroxylation sites is 1. The Morgan fingerprint density at radius 1 is 1.28 bits per heavy atom. The minimum absolute atomic E-state index is 0.188. The second-order valence-corrected chi connectivity index (χ2v) is 5.00. The Morgan fingerprint density at radius 3 is 2.78 bits per heavy atom. The van der Waals surface area contributed by atoms with Crippen LogP contribution in [0.2, 0.25) is 0 Å². The van der Waals surface area contributed by atoms with Crippen molar-refractivity contribution in [2.45, 2.75) is 13.3 Å². The number of esters is 1. The average Bonchev–Trinajstić information content (AvgIpc) is 2.78. The lowest BCUT2D eigenvalue weighted by atomic mass is 10.1. The third-order valence-electron chi connectivity index (χ3n) is 2.51. The van der Waals surface area contributed by atoms with Gasteiger partial charge in [0, 0.05) is 21.0 Å². The number of ether oxygens (including phenoxy) is 1. The van der Waals surface area contributed by atoms with Crippen LogP contribution in [0.25, 0.3) is 10.4 Å². The maximum atomic E-state index is 11.4. The molecule has 0 saturated carbocycles. The molecule has 0 fully saturated rings. The predicted molar refractivity (Wildman–Crippen MR) is 74.5 cm³/mol. The Bertz CT molecular complexity index is 548. The Hall–Kier alpha value is -1.81. The van der Waals surface area contributed by atoms with Crippen molar-refractivity contribution in [3.63, 3.8) is 0 Å². The molecule has 0 aliphatic heterocycles. The number of hydrogen-bond donors (Lipinski definition) is 1. The zero-order valence-electron chi connectivity index (χ0n) is 10.2. The Morgan fingerprint density at radius 2 is 2.06 bits per heavy atom. The lowest BCUT2D eigenvalue weighted by Crippen LogP contribution is -2.05. The molecule has 0 aliphatic rings. The lowest BCUT2D eigenvalue weighted by Gasteiger charge is -2.01. The molecular formula is C14H15NO2S. The van der Waals surface area contributed by atoms with Gasteiger partial charge < -0.3 is 10.5 Å². The van der Waals surface area contributed by atoms with Crippen molar-refractivity contribution >= 4 is 23.0 Å². The number of carbonyl (C=O) groups is 1. The molecule has 1 aromatic heterocycles. The van der Waals surface area contributed by atoms with Crippen LogP contribution in [-0.4, -0.2) is 12.6 Å². The molecule has 0 atom stereocenters. The topological polar surface area (TPSA) is 52.3 Å². The van der Waals surface area contributed by atoms with E-state index in [9.17, 15) is 4.79 Å². The average molecular weight is 261 g/mol. The van der Waals surface area contributed by atoms with E-state index < -0.39 is 0 Å². The third kappa shape index (κ3) is 2.90. The minimum Gasteiger partial charge on any atom is -0.466 e. The molecule has 2 N–H and O–H groups in total.